The summed E-state index contributed by atoms with van der Waals surface area (Å²) >= 11 is 6.78. The Bertz CT molecular complexity index is 344. The second-order valence-electron chi connectivity index (χ2n) is 3.03. The molecule has 0 saturated carbocycles. The van der Waals surface area contributed by atoms with Crippen molar-refractivity contribution in [1.82, 2.24) is 0 Å². The molecule has 0 spiro atoms. The highest BCUT2D eigenvalue weighted by molar-refractivity contribution is 9.11. The molecule has 1 rings (SSSR count). The monoisotopic (exact) mass is 337 g/mol. The quantitative estimate of drug-likeness (QED) is 0.887. The molecule has 0 radical (unpaired) electrons. The maximum Gasteiger partial charge on any atom is 0.138 e. The third-order valence-corrected chi connectivity index (χ3v) is 2.97. The highest BCUT2D eigenvalue weighted by atomic mass is 79.9. The Balaban J connectivity index is 3.20. The zero-order valence-electron chi connectivity index (χ0n) is 8.34. The lowest BCUT2D eigenvalue weighted by Gasteiger charge is -2.16. The van der Waals surface area contributed by atoms with Crippen molar-refractivity contribution < 1.29 is 9.84 Å². The largest absolute Gasteiger partial charge is 0.492 e. The molecule has 0 saturated heterocycles. The topological polar surface area (TPSA) is 55.5 Å². The van der Waals surface area contributed by atoms with Crippen molar-refractivity contribution in [2.75, 3.05) is 13.2 Å². The molecule has 0 aliphatic heterocycles. The first-order valence-corrected chi connectivity index (χ1v) is 6.17. The first-order valence-electron chi connectivity index (χ1n) is 4.58. The van der Waals surface area contributed by atoms with E-state index in [1.54, 1.807) is 0 Å². The van der Waals surface area contributed by atoms with Crippen LogP contribution >= 0.6 is 31.9 Å². The number of halogens is 2. The van der Waals surface area contributed by atoms with Gasteiger partial charge >= 0.3 is 0 Å². The Hall–Kier alpha value is -0.100. The van der Waals surface area contributed by atoms with Gasteiger partial charge in [-0.3, -0.25) is 0 Å². The molecule has 3 N–H and O–H groups in total. The molecule has 84 valence electrons. The fourth-order valence-electron chi connectivity index (χ4n) is 1.25. The van der Waals surface area contributed by atoms with E-state index < -0.39 is 6.04 Å². The van der Waals surface area contributed by atoms with Gasteiger partial charge in [-0.2, -0.15) is 0 Å². The number of benzene rings is 1. The molecule has 0 bridgehead atoms. The van der Waals surface area contributed by atoms with E-state index in [0.717, 1.165) is 14.5 Å². The molecule has 0 aliphatic rings. The van der Waals surface area contributed by atoms with E-state index >= 15 is 0 Å². The maximum atomic E-state index is 9.05. The Morgan fingerprint density at radius 3 is 2.67 bits per heavy atom. The van der Waals surface area contributed by atoms with Crippen molar-refractivity contribution in [2.45, 2.75) is 13.0 Å². The van der Waals surface area contributed by atoms with E-state index in [1.807, 2.05) is 19.1 Å². The van der Waals surface area contributed by atoms with Crippen LogP contribution in [0.3, 0.4) is 0 Å². The summed E-state index contributed by atoms with van der Waals surface area (Å²) in [7, 11) is 0. The lowest BCUT2D eigenvalue weighted by molar-refractivity contribution is 0.261. The third kappa shape index (κ3) is 3.17. The predicted molar refractivity (Wildman–Crippen MR) is 67.0 cm³/mol. The van der Waals surface area contributed by atoms with Crippen LogP contribution in [0.15, 0.2) is 21.1 Å². The van der Waals surface area contributed by atoms with Crippen LogP contribution in [0.1, 0.15) is 18.5 Å². The van der Waals surface area contributed by atoms with E-state index in [1.165, 1.54) is 0 Å². The highest BCUT2D eigenvalue weighted by Crippen LogP contribution is 2.35. The fraction of sp³-hybridized carbons (Fsp3) is 0.400. The van der Waals surface area contributed by atoms with Crippen LogP contribution in [0.2, 0.25) is 0 Å². The summed E-state index contributed by atoms with van der Waals surface area (Å²) in [6.45, 7) is 2.36. The lowest BCUT2D eigenvalue weighted by atomic mass is 10.1. The second kappa shape index (κ2) is 5.84. The average Bonchev–Trinajstić information content (AvgIpc) is 2.20. The summed E-state index contributed by atoms with van der Waals surface area (Å²) in [4.78, 5) is 0. The van der Waals surface area contributed by atoms with Crippen molar-refractivity contribution in [3.05, 3.63) is 26.6 Å². The van der Waals surface area contributed by atoms with Crippen LogP contribution in [0.25, 0.3) is 0 Å². The Morgan fingerprint density at radius 1 is 1.47 bits per heavy atom. The minimum absolute atomic E-state index is 0.108. The van der Waals surface area contributed by atoms with Gasteiger partial charge in [-0.25, -0.2) is 0 Å². The van der Waals surface area contributed by atoms with Gasteiger partial charge in [-0.15, -0.1) is 0 Å². The molecule has 1 aromatic carbocycles. The van der Waals surface area contributed by atoms with E-state index in [9.17, 15) is 0 Å². The van der Waals surface area contributed by atoms with Gasteiger partial charge in [-0.05, 0) is 35.0 Å². The second-order valence-corrected chi connectivity index (χ2v) is 4.80. The van der Waals surface area contributed by atoms with E-state index in [0.29, 0.717) is 12.4 Å². The third-order valence-electron chi connectivity index (χ3n) is 1.92. The first-order chi connectivity index (χ1) is 7.10. The number of nitrogens with two attached hydrogens (primary N) is 1. The van der Waals surface area contributed by atoms with Crippen molar-refractivity contribution >= 4 is 31.9 Å². The Labute approximate surface area is 106 Å². The van der Waals surface area contributed by atoms with Crippen LogP contribution in [-0.4, -0.2) is 18.3 Å². The minimum atomic E-state index is -0.430. The van der Waals surface area contributed by atoms with E-state index in [-0.39, 0.29) is 6.61 Å². The molecule has 0 fully saturated rings. The molecule has 0 heterocycles. The molecule has 0 aliphatic carbocycles. The van der Waals surface area contributed by atoms with Gasteiger partial charge < -0.3 is 15.6 Å². The normalized spacial score (nSPS) is 12.6. The summed E-state index contributed by atoms with van der Waals surface area (Å²) in [6, 6.07) is 3.32. The Morgan fingerprint density at radius 2 is 2.13 bits per heavy atom. The number of ether oxygens (including phenoxy) is 1. The summed E-state index contributed by atoms with van der Waals surface area (Å²) in [5.74, 6) is 0.697. The zero-order chi connectivity index (χ0) is 11.4. The van der Waals surface area contributed by atoms with Gasteiger partial charge in [0.15, 0.2) is 0 Å². The van der Waals surface area contributed by atoms with E-state index in [2.05, 4.69) is 31.9 Å². The van der Waals surface area contributed by atoms with E-state index in [4.69, 9.17) is 15.6 Å². The summed E-state index contributed by atoms with van der Waals surface area (Å²) in [5, 5.41) is 9.05. The standard InChI is InChI=1S/C10H13Br2NO2/c1-2-15-10-7(9(13)5-14)3-6(11)4-8(10)12/h3-4,9,14H,2,5,13H2,1H3/t9-/m0/s1. The summed E-state index contributed by atoms with van der Waals surface area (Å²) in [6.07, 6.45) is 0. The molecule has 1 aromatic rings. The predicted octanol–water partition coefficient (Wildman–Crippen LogP) is 2.60. The van der Waals surface area contributed by atoms with Gasteiger partial charge in [0.25, 0.3) is 0 Å². The van der Waals surface area contributed by atoms with Gasteiger partial charge in [0.1, 0.15) is 5.75 Å². The van der Waals surface area contributed by atoms with Crippen molar-refractivity contribution in [2.24, 2.45) is 5.73 Å². The fourth-order valence-corrected chi connectivity index (χ4v) is 2.62. The van der Waals surface area contributed by atoms with Gasteiger partial charge in [0.2, 0.25) is 0 Å². The maximum absolute atomic E-state index is 9.05. The number of rotatable bonds is 4. The molecule has 15 heavy (non-hydrogen) atoms. The van der Waals surface area contributed by atoms with Gasteiger partial charge in [0, 0.05) is 10.0 Å². The molecule has 5 heteroatoms. The molecule has 0 unspecified atom stereocenters. The van der Waals surface area contributed by atoms with Gasteiger partial charge in [-0.1, -0.05) is 15.9 Å². The number of hydrogen-bond acceptors (Lipinski definition) is 3. The van der Waals surface area contributed by atoms with Crippen LogP contribution in [0, 0.1) is 0 Å². The van der Waals surface area contributed by atoms with Crippen molar-refractivity contribution in [1.29, 1.82) is 0 Å². The molecular formula is C10H13Br2NO2. The minimum Gasteiger partial charge on any atom is -0.492 e. The number of hydrogen-bond donors (Lipinski definition) is 2. The van der Waals surface area contributed by atoms with Crippen LogP contribution < -0.4 is 10.5 Å². The number of aliphatic hydroxyl groups excluding tert-OH is 1. The van der Waals surface area contributed by atoms with Crippen LogP contribution in [0.4, 0.5) is 0 Å². The lowest BCUT2D eigenvalue weighted by Crippen LogP contribution is -2.16. The average molecular weight is 339 g/mol. The SMILES string of the molecule is CCOc1c(Br)cc(Br)cc1[C@@H](N)CO. The molecular weight excluding hydrogens is 326 g/mol. The first kappa shape index (κ1) is 13.0. The summed E-state index contributed by atoms with van der Waals surface area (Å²) in [5.41, 5.74) is 6.58. The Kier molecular flexibility index (Phi) is 5.05. The number of aliphatic hydroxyl groups is 1. The van der Waals surface area contributed by atoms with Crippen molar-refractivity contribution in [3.63, 3.8) is 0 Å². The molecule has 0 amide bonds. The van der Waals surface area contributed by atoms with Crippen LogP contribution in [0.5, 0.6) is 5.75 Å². The van der Waals surface area contributed by atoms with Gasteiger partial charge in [0.05, 0.1) is 23.7 Å². The smallest absolute Gasteiger partial charge is 0.138 e. The zero-order valence-corrected chi connectivity index (χ0v) is 11.5. The summed E-state index contributed by atoms with van der Waals surface area (Å²) < 4.78 is 7.22. The molecule has 0 aromatic heterocycles. The molecule has 1 atom stereocenters. The van der Waals surface area contributed by atoms with Crippen molar-refractivity contribution in [3.8, 4) is 5.75 Å². The van der Waals surface area contributed by atoms with Crippen LogP contribution in [-0.2, 0) is 0 Å². The molecule has 3 nitrogen and oxygen atoms in total. The highest BCUT2D eigenvalue weighted by Gasteiger charge is 2.15.